The molecule has 0 spiro atoms. The van der Waals surface area contributed by atoms with Crippen molar-refractivity contribution in [2.24, 2.45) is 0 Å². The number of sulfonamides is 2. The second kappa shape index (κ2) is 11.0. The molecule has 3 aromatic carbocycles. The smallest absolute Gasteiger partial charge is 0.229 e. The number of ether oxygens (including phenoxy) is 1. The quantitative estimate of drug-likeness (QED) is 0.281. The van der Waals surface area contributed by atoms with Gasteiger partial charge in [-0.3, -0.25) is 9.44 Å². The van der Waals surface area contributed by atoms with Crippen molar-refractivity contribution in [2.75, 3.05) is 35.3 Å². The van der Waals surface area contributed by atoms with Gasteiger partial charge in [0.05, 0.1) is 36.6 Å². The predicted octanol–water partition coefficient (Wildman–Crippen LogP) is 4.35. The molecule has 38 heavy (non-hydrogen) atoms. The van der Waals surface area contributed by atoms with Gasteiger partial charge < -0.3 is 4.74 Å². The number of nitrogens with zero attached hydrogens (tertiary/aromatic N) is 3. The number of rotatable bonds is 9. The molecule has 0 fully saturated rings. The summed E-state index contributed by atoms with van der Waals surface area (Å²) >= 11 is 1.61. The summed E-state index contributed by atoms with van der Waals surface area (Å²) in [6.07, 6.45) is 3.99. The molecule has 13 heteroatoms. The molecule has 10 nitrogen and oxygen atoms in total. The molecule has 0 saturated carbocycles. The van der Waals surface area contributed by atoms with E-state index in [1.807, 2.05) is 48.7 Å². The van der Waals surface area contributed by atoms with Crippen LogP contribution in [0.15, 0.2) is 71.6 Å². The number of aromatic nitrogens is 3. The molecule has 4 rings (SSSR count). The molecule has 1 heterocycles. The summed E-state index contributed by atoms with van der Waals surface area (Å²) in [4.78, 5) is 15.1. The first-order valence-corrected chi connectivity index (χ1v) is 16.1. The van der Waals surface area contributed by atoms with Gasteiger partial charge in [0.25, 0.3) is 0 Å². The Morgan fingerprint density at radius 2 is 1.34 bits per heavy atom. The minimum absolute atomic E-state index is 0.0991. The number of benzene rings is 3. The van der Waals surface area contributed by atoms with Crippen molar-refractivity contribution in [1.29, 1.82) is 0 Å². The zero-order valence-corrected chi connectivity index (χ0v) is 23.4. The van der Waals surface area contributed by atoms with Gasteiger partial charge in [-0.25, -0.2) is 31.8 Å². The van der Waals surface area contributed by atoms with E-state index in [0.717, 1.165) is 23.0 Å². The van der Waals surface area contributed by atoms with Crippen LogP contribution in [-0.2, 0) is 20.0 Å². The highest BCUT2D eigenvalue weighted by molar-refractivity contribution is 7.98. The van der Waals surface area contributed by atoms with Gasteiger partial charge in [0, 0.05) is 16.0 Å². The van der Waals surface area contributed by atoms with Gasteiger partial charge in [-0.15, -0.1) is 11.8 Å². The molecule has 4 aromatic rings. The van der Waals surface area contributed by atoms with Crippen LogP contribution in [0, 0.1) is 0 Å². The fourth-order valence-corrected chi connectivity index (χ4v) is 5.15. The number of methoxy groups -OCH3 is 1. The second-order valence-corrected chi connectivity index (χ2v) is 12.6. The molecule has 0 aliphatic heterocycles. The largest absolute Gasteiger partial charge is 0.496 e. The molecule has 0 radical (unpaired) electrons. The lowest BCUT2D eigenvalue weighted by molar-refractivity contribution is 0.416. The number of hydrogen-bond donors (Lipinski definition) is 2. The van der Waals surface area contributed by atoms with Gasteiger partial charge in [-0.1, -0.05) is 24.3 Å². The molecule has 0 bridgehead atoms. The molecule has 0 aliphatic rings. The van der Waals surface area contributed by atoms with Gasteiger partial charge >= 0.3 is 0 Å². The Bertz CT molecular complexity index is 1690. The molecular weight excluding hydrogens is 547 g/mol. The summed E-state index contributed by atoms with van der Waals surface area (Å²) in [6.45, 7) is 0. The fourth-order valence-electron chi connectivity index (χ4n) is 3.62. The first-order valence-electron chi connectivity index (χ1n) is 11.1. The second-order valence-electron chi connectivity index (χ2n) is 8.24. The van der Waals surface area contributed by atoms with E-state index in [1.165, 1.54) is 12.1 Å². The number of para-hydroxylation sites is 1. The maximum Gasteiger partial charge on any atom is 0.229 e. The average Bonchev–Trinajstić information content (AvgIpc) is 2.86. The lowest BCUT2D eigenvalue weighted by atomic mass is 10.1. The molecule has 0 amide bonds. The third-order valence-corrected chi connectivity index (χ3v) is 7.13. The van der Waals surface area contributed by atoms with Crippen LogP contribution in [0.25, 0.3) is 34.2 Å². The fraction of sp³-hybridized carbons (Fsp3) is 0.160. The molecule has 1 aromatic heterocycles. The molecule has 0 saturated heterocycles. The highest BCUT2D eigenvalue weighted by Gasteiger charge is 2.19. The third-order valence-electron chi connectivity index (χ3n) is 5.19. The Labute approximate surface area is 226 Å². The van der Waals surface area contributed by atoms with Crippen LogP contribution in [0.5, 0.6) is 5.75 Å². The van der Waals surface area contributed by atoms with Gasteiger partial charge in [0.2, 0.25) is 20.0 Å². The zero-order chi connectivity index (χ0) is 27.5. The first-order chi connectivity index (χ1) is 18.0. The maximum atomic E-state index is 12.2. The third kappa shape index (κ3) is 6.79. The van der Waals surface area contributed by atoms with E-state index in [9.17, 15) is 16.8 Å². The van der Waals surface area contributed by atoms with Crippen LogP contribution in [0.4, 0.5) is 11.4 Å². The molecule has 2 N–H and O–H groups in total. The Kier molecular flexibility index (Phi) is 7.90. The first kappa shape index (κ1) is 27.4. The lowest BCUT2D eigenvalue weighted by Crippen LogP contribution is -2.13. The van der Waals surface area contributed by atoms with Crippen molar-refractivity contribution < 1.29 is 21.6 Å². The average molecular weight is 572 g/mol. The van der Waals surface area contributed by atoms with Crippen LogP contribution in [-0.4, -0.2) is 57.7 Å². The molecule has 0 aliphatic carbocycles. The highest BCUT2D eigenvalue weighted by atomic mass is 32.2. The summed E-state index contributed by atoms with van der Waals surface area (Å²) in [5.41, 5.74) is 1.95. The zero-order valence-electron chi connectivity index (χ0n) is 21.0. The maximum absolute atomic E-state index is 12.2. The van der Waals surface area contributed by atoms with E-state index in [0.29, 0.717) is 28.5 Å². The standard InChI is InChI=1S/C25H25N5O5S3/c1-35-22-8-6-5-7-20(22)25-27-23(16-9-12-18(36-2)13-10-16)26-24(28-25)19-14-11-17(29-37(3,31)32)15-21(19)30-38(4,33)34/h5-15,29-30H,1-4H3. The molecule has 0 unspecified atom stereocenters. The van der Waals surface area contributed by atoms with Crippen LogP contribution in [0.1, 0.15) is 0 Å². The number of nitrogens with one attached hydrogen (secondary N) is 2. The summed E-state index contributed by atoms with van der Waals surface area (Å²) in [5, 5.41) is 0. The number of thioether (sulfide) groups is 1. The van der Waals surface area contributed by atoms with Gasteiger partial charge in [-0.05, 0) is 48.7 Å². The summed E-state index contributed by atoms with van der Waals surface area (Å²) in [6, 6.07) is 19.4. The van der Waals surface area contributed by atoms with E-state index < -0.39 is 20.0 Å². The van der Waals surface area contributed by atoms with Gasteiger partial charge in [-0.2, -0.15) is 0 Å². The molecular formula is C25H25N5O5S3. The molecule has 198 valence electrons. The molecule has 0 atom stereocenters. The minimum atomic E-state index is -3.73. The Morgan fingerprint density at radius 3 is 1.95 bits per heavy atom. The monoisotopic (exact) mass is 571 g/mol. The highest BCUT2D eigenvalue weighted by Crippen LogP contribution is 2.34. The van der Waals surface area contributed by atoms with Crippen LogP contribution < -0.4 is 14.2 Å². The van der Waals surface area contributed by atoms with Gasteiger partial charge in [0.1, 0.15) is 5.75 Å². The van der Waals surface area contributed by atoms with E-state index in [1.54, 1.807) is 31.0 Å². The number of hydrogen-bond acceptors (Lipinski definition) is 9. The van der Waals surface area contributed by atoms with Crippen molar-refractivity contribution >= 4 is 43.2 Å². The van der Waals surface area contributed by atoms with E-state index in [-0.39, 0.29) is 17.2 Å². The van der Waals surface area contributed by atoms with Crippen LogP contribution >= 0.6 is 11.8 Å². The Hall–Kier alpha value is -3.68. The Morgan fingerprint density at radius 1 is 0.737 bits per heavy atom. The van der Waals surface area contributed by atoms with Crippen LogP contribution in [0.2, 0.25) is 0 Å². The van der Waals surface area contributed by atoms with Crippen molar-refractivity contribution in [2.45, 2.75) is 4.90 Å². The van der Waals surface area contributed by atoms with Crippen molar-refractivity contribution in [3.8, 4) is 39.9 Å². The van der Waals surface area contributed by atoms with E-state index in [4.69, 9.17) is 9.72 Å². The van der Waals surface area contributed by atoms with Crippen molar-refractivity contribution in [3.63, 3.8) is 0 Å². The minimum Gasteiger partial charge on any atom is -0.496 e. The van der Waals surface area contributed by atoms with Crippen molar-refractivity contribution in [1.82, 2.24) is 15.0 Å². The topological polar surface area (TPSA) is 140 Å². The SMILES string of the molecule is COc1ccccc1-c1nc(-c2ccc(SC)cc2)nc(-c2ccc(NS(C)(=O)=O)cc2NS(C)(=O)=O)n1. The summed E-state index contributed by atoms with van der Waals surface area (Å²) in [7, 11) is -5.78. The van der Waals surface area contributed by atoms with Gasteiger partial charge in [0.15, 0.2) is 17.5 Å². The summed E-state index contributed by atoms with van der Waals surface area (Å²) < 4.78 is 58.2. The van der Waals surface area contributed by atoms with Crippen molar-refractivity contribution in [3.05, 3.63) is 66.7 Å². The predicted molar refractivity (Wildman–Crippen MR) is 151 cm³/mol. The summed E-state index contributed by atoms with van der Waals surface area (Å²) in [5.74, 6) is 1.42. The van der Waals surface area contributed by atoms with Crippen LogP contribution in [0.3, 0.4) is 0 Å². The van der Waals surface area contributed by atoms with E-state index in [2.05, 4.69) is 19.4 Å². The Balaban J connectivity index is 1.96. The van der Waals surface area contributed by atoms with E-state index >= 15 is 0 Å². The number of anilines is 2. The lowest BCUT2D eigenvalue weighted by Gasteiger charge is -2.15. The normalized spacial score (nSPS) is 11.7.